The van der Waals surface area contributed by atoms with Crippen molar-refractivity contribution >= 4 is 29.3 Å². The van der Waals surface area contributed by atoms with Gasteiger partial charge < -0.3 is 20.7 Å². The van der Waals surface area contributed by atoms with Gasteiger partial charge in [-0.2, -0.15) is 4.98 Å². The van der Waals surface area contributed by atoms with E-state index < -0.39 is 17.4 Å². The number of hydrogen-bond donors (Lipinski definition) is 4. The van der Waals surface area contributed by atoms with E-state index in [4.69, 9.17) is 4.74 Å². The number of fused-ring (bicyclic) bond motifs is 1. The number of carbonyl (C=O) groups is 2. The summed E-state index contributed by atoms with van der Waals surface area (Å²) in [6.07, 6.45) is -0.127. The van der Waals surface area contributed by atoms with E-state index in [-0.39, 0.29) is 29.7 Å². The lowest BCUT2D eigenvalue weighted by molar-refractivity contribution is -0.126. The maximum Gasteiger partial charge on any atom is 0.258 e. The summed E-state index contributed by atoms with van der Waals surface area (Å²) >= 11 is 0. The third-order valence-corrected chi connectivity index (χ3v) is 4.94. The van der Waals surface area contributed by atoms with Crippen LogP contribution in [0.15, 0.2) is 59.4 Å². The van der Waals surface area contributed by atoms with Gasteiger partial charge in [-0.3, -0.25) is 19.4 Å². The SMILES string of the molecule is COc1ccccc1Nc1nc2c(c(=O)[nH]1)C(C(=O)NCc1ccccc1)CC(=O)N2. The Morgan fingerprint density at radius 2 is 1.87 bits per heavy atom. The summed E-state index contributed by atoms with van der Waals surface area (Å²) in [7, 11) is 1.53. The molecule has 0 bridgehead atoms. The molecule has 158 valence electrons. The monoisotopic (exact) mass is 419 g/mol. The fraction of sp³-hybridized carbons (Fsp3) is 0.182. The van der Waals surface area contributed by atoms with Crippen LogP contribution in [0.5, 0.6) is 5.75 Å². The van der Waals surface area contributed by atoms with Crippen molar-refractivity contribution in [2.24, 2.45) is 0 Å². The number of rotatable bonds is 6. The van der Waals surface area contributed by atoms with Crippen molar-refractivity contribution in [1.82, 2.24) is 15.3 Å². The highest BCUT2D eigenvalue weighted by molar-refractivity contribution is 6.00. The number of aromatic nitrogens is 2. The lowest BCUT2D eigenvalue weighted by atomic mass is 9.92. The second kappa shape index (κ2) is 8.70. The molecule has 0 radical (unpaired) electrons. The predicted molar refractivity (Wildman–Crippen MR) is 115 cm³/mol. The van der Waals surface area contributed by atoms with Crippen LogP contribution in [0.1, 0.15) is 23.5 Å². The number of para-hydroxylation sites is 2. The van der Waals surface area contributed by atoms with Crippen LogP contribution in [0, 0.1) is 0 Å². The van der Waals surface area contributed by atoms with Crippen LogP contribution in [0.25, 0.3) is 0 Å². The van der Waals surface area contributed by atoms with E-state index in [9.17, 15) is 14.4 Å². The van der Waals surface area contributed by atoms with E-state index in [2.05, 4.69) is 25.9 Å². The van der Waals surface area contributed by atoms with Gasteiger partial charge in [0.1, 0.15) is 11.6 Å². The zero-order valence-corrected chi connectivity index (χ0v) is 16.8. The summed E-state index contributed by atoms with van der Waals surface area (Å²) in [5.41, 5.74) is 1.14. The van der Waals surface area contributed by atoms with Gasteiger partial charge in [-0.1, -0.05) is 42.5 Å². The van der Waals surface area contributed by atoms with E-state index in [0.717, 1.165) is 5.56 Å². The summed E-state index contributed by atoms with van der Waals surface area (Å²) in [6.45, 7) is 0.298. The molecule has 4 rings (SSSR count). The number of aromatic amines is 1. The van der Waals surface area contributed by atoms with Crippen molar-refractivity contribution in [2.75, 3.05) is 17.7 Å². The summed E-state index contributed by atoms with van der Waals surface area (Å²) in [5, 5.41) is 8.36. The molecule has 0 saturated heterocycles. The normalized spacial score (nSPS) is 14.9. The van der Waals surface area contributed by atoms with Crippen LogP contribution in [0.4, 0.5) is 17.5 Å². The number of H-pyrrole nitrogens is 1. The second-order valence-corrected chi connectivity index (χ2v) is 7.01. The van der Waals surface area contributed by atoms with Crippen molar-refractivity contribution in [3.8, 4) is 5.75 Å². The fourth-order valence-corrected chi connectivity index (χ4v) is 3.44. The van der Waals surface area contributed by atoms with Crippen molar-refractivity contribution in [3.05, 3.63) is 76.1 Å². The number of amides is 2. The van der Waals surface area contributed by atoms with Gasteiger partial charge in [0.05, 0.1) is 24.3 Å². The van der Waals surface area contributed by atoms with Crippen molar-refractivity contribution in [1.29, 1.82) is 0 Å². The summed E-state index contributed by atoms with van der Waals surface area (Å²) < 4.78 is 5.28. The third-order valence-electron chi connectivity index (χ3n) is 4.94. The van der Waals surface area contributed by atoms with Crippen molar-refractivity contribution < 1.29 is 14.3 Å². The minimum Gasteiger partial charge on any atom is -0.495 e. The molecule has 0 fully saturated rings. The van der Waals surface area contributed by atoms with Gasteiger partial charge in [-0.15, -0.1) is 0 Å². The molecule has 9 nitrogen and oxygen atoms in total. The molecule has 1 atom stereocenters. The molecular formula is C22H21N5O4. The molecule has 1 aromatic heterocycles. The molecule has 2 amide bonds. The molecule has 0 spiro atoms. The van der Waals surface area contributed by atoms with Crippen molar-refractivity contribution in [3.63, 3.8) is 0 Å². The number of hydrogen-bond acceptors (Lipinski definition) is 6. The Morgan fingerprint density at radius 1 is 1.13 bits per heavy atom. The first-order valence-electron chi connectivity index (χ1n) is 9.71. The minimum absolute atomic E-state index is 0.0669. The van der Waals surface area contributed by atoms with Crippen LogP contribution >= 0.6 is 0 Å². The molecule has 9 heteroatoms. The summed E-state index contributed by atoms with van der Waals surface area (Å²) in [4.78, 5) is 44.8. The molecule has 1 aliphatic rings. The van der Waals surface area contributed by atoms with Gasteiger partial charge in [0, 0.05) is 13.0 Å². The molecule has 1 unspecified atom stereocenters. The summed E-state index contributed by atoms with van der Waals surface area (Å²) in [6, 6.07) is 16.5. The number of anilines is 3. The van der Waals surface area contributed by atoms with Gasteiger partial charge in [0.25, 0.3) is 5.56 Å². The lowest BCUT2D eigenvalue weighted by Crippen LogP contribution is -2.39. The zero-order valence-electron chi connectivity index (χ0n) is 16.8. The molecule has 0 aliphatic carbocycles. The average Bonchev–Trinajstić information content (AvgIpc) is 2.77. The molecule has 1 aliphatic heterocycles. The molecular weight excluding hydrogens is 398 g/mol. The van der Waals surface area contributed by atoms with E-state index in [1.54, 1.807) is 18.2 Å². The highest BCUT2D eigenvalue weighted by Crippen LogP contribution is 2.30. The van der Waals surface area contributed by atoms with E-state index in [1.165, 1.54) is 7.11 Å². The first-order chi connectivity index (χ1) is 15.0. The maximum absolute atomic E-state index is 12.8. The van der Waals surface area contributed by atoms with Gasteiger partial charge in [-0.25, -0.2) is 0 Å². The number of carbonyl (C=O) groups excluding carboxylic acids is 2. The molecule has 3 aromatic rings. The van der Waals surface area contributed by atoms with E-state index >= 15 is 0 Å². The quantitative estimate of drug-likeness (QED) is 0.486. The Hall–Kier alpha value is -4.14. The van der Waals surface area contributed by atoms with Crippen LogP contribution in [0.2, 0.25) is 0 Å². The summed E-state index contributed by atoms with van der Waals surface area (Å²) in [5.74, 6) is -0.961. The average molecular weight is 419 g/mol. The molecule has 2 aromatic carbocycles. The first kappa shape index (κ1) is 20.1. The van der Waals surface area contributed by atoms with Gasteiger partial charge in [0.2, 0.25) is 17.8 Å². The van der Waals surface area contributed by atoms with E-state index in [0.29, 0.717) is 18.0 Å². The highest BCUT2D eigenvalue weighted by Gasteiger charge is 2.34. The van der Waals surface area contributed by atoms with Crippen LogP contribution < -0.4 is 26.2 Å². The van der Waals surface area contributed by atoms with Gasteiger partial charge >= 0.3 is 0 Å². The zero-order chi connectivity index (χ0) is 21.8. The Kier molecular flexibility index (Phi) is 5.65. The Morgan fingerprint density at radius 3 is 2.65 bits per heavy atom. The van der Waals surface area contributed by atoms with Gasteiger partial charge in [-0.05, 0) is 17.7 Å². The number of nitrogens with zero attached hydrogens (tertiary/aromatic N) is 1. The number of methoxy groups -OCH3 is 1. The standard InChI is InChI=1S/C22H21N5O4/c1-31-16-10-6-5-9-15(16)24-22-26-19-18(21(30)27-22)14(11-17(28)25-19)20(29)23-12-13-7-3-2-4-8-13/h2-10,14H,11-12H2,1H3,(H,23,29)(H3,24,25,26,27,28,30). The maximum atomic E-state index is 12.8. The first-order valence-corrected chi connectivity index (χ1v) is 9.71. The lowest BCUT2D eigenvalue weighted by Gasteiger charge is -2.23. The molecule has 2 heterocycles. The number of ether oxygens (including phenoxy) is 1. The third kappa shape index (κ3) is 4.40. The fourth-order valence-electron chi connectivity index (χ4n) is 3.44. The van der Waals surface area contributed by atoms with E-state index in [1.807, 2.05) is 36.4 Å². The molecule has 0 saturated carbocycles. The topological polar surface area (TPSA) is 125 Å². The van der Waals surface area contributed by atoms with Crippen LogP contribution in [0.3, 0.4) is 0 Å². The Labute approximate surface area is 177 Å². The minimum atomic E-state index is -0.927. The van der Waals surface area contributed by atoms with Crippen LogP contribution in [-0.4, -0.2) is 28.9 Å². The Balaban J connectivity index is 1.59. The second-order valence-electron chi connectivity index (χ2n) is 7.01. The number of benzene rings is 2. The number of nitrogens with one attached hydrogen (secondary N) is 4. The molecule has 4 N–H and O–H groups in total. The smallest absolute Gasteiger partial charge is 0.258 e. The molecule has 31 heavy (non-hydrogen) atoms. The highest BCUT2D eigenvalue weighted by atomic mass is 16.5. The van der Waals surface area contributed by atoms with Crippen LogP contribution in [-0.2, 0) is 16.1 Å². The van der Waals surface area contributed by atoms with Crippen molar-refractivity contribution in [2.45, 2.75) is 18.9 Å². The largest absolute Gasteiger partial charge is 0.495 e. The Bertz CT molecular complexity index is 1180. The van der Waals surface area contributed by atoms with Gasteiger partial charge in [0.15, 0.2) is 0 Å². The predicted octanol–water partition coefficient (Wildman–Crippen LogP) is 2.26.